The molecule has 1 N–H and O–H groups in total. The highest BCUT2D eigenvalue weighted by molar-refractivity contribution is 5.75. The van der Waals surface area contributed by atoms with E-state index in [1.807, 2.05) is 12.1 Å². The molecule has 1 aromatic carbocycles. The fourth-order valence-electron chi connectivity index (χ4n) is 3.08. The van der Waals surface area contributed by atoms with Gasteiger partial charge in [-0.25, -0.2) is 9.18 Å². The molecule has 0 spiro atoms. The van der Waals surface area contributed by atoms with Crippen molar-refractivity contribution in [2.24, 2.45) is 0 Å². The Morgan fingerprint density at radius 3 is 2.36 bits per heavy atom. The second-order valence-electron chi connectivity index (χ2n) is 6.14. The predicted octanol–water partition coefficient (Wildman–Crippen LogP) is 3.13. The molecule has 0 aliphatic carbocycles. The monoisotopic (exact) mass is 343 g/mol. The number of benzene rings is 1. The van der Waals surface area contributed by atoms with Gasteiger partial charge in [-0.05, 0) is 48.2 Å². The molecule has 0 radical (unpaired) electrons. The van der Waals surface area contributed by atoms with Crippen molar-refractivity contribution < 1.29 is 13.9 Å². The number of piperidine rings is 1. The molecule has 2 amide bonds. The maximum absolute atomic E-state index is 13.3. The Bertz CT molecular complexity index is 686. The van der Waals surface area contributed by atoms with Gasteiger partial charge in [-0.1, -0.05) is 12.1 Å². The van der Waals surface area contributed by atoms with E-state index in [4.69, 9.17) is 4.74 Å². The van der Waals surface area contributed by atoms with Crippen molar-refractivity contribution in [3.05, 3.63) is 65.7 Å². The first-order chi connectivity index (χ1) is 12.2. The molecule has 1 saturated heterocycles. The molecule has 6 heteroatoms. The molecule has 0 saturated carbocycles. The van der Waals surface area contributed by atoms with Crippen molar-refractivity contribution in [3.8, 4) is 0 Å². The van der Waals surface area contributed by atoms with Crippen molar-refractivity contribution in [1.82, 2.24) is 15.2 Å². The number of ether oxygens (including phenoxy) is 1. The van der Waals surface area contributed by atoms with Crippen molar-refractivity contribution in [2.45, 2.75) is 25.0 Å². The van der Waals surface area contributed by atoms with E-state index >= 15 is 0 Å². The van der Waals surface area contributed by atoms with Crippen LogP contribution in [0.25, 0.3) is 0 Å². The van der Waals surface area contributed by atoms with Gasteiger partial charge in [-0.3, -0.25) is 4.98 Å². The Labute approximate surface area is 146 Å². The summed E-state index contributed by atoms with van der Waals surface area (Å²) in [6.07, 6.45) is 5.25. The molecule has 2 heterocycles. The van der Waals surface area contributed by atoms with E-state index in [1.54, 1.807) is 36.5 Å². The van der Waals surface area contributed by atoms with Gasteiger partial charge in [-0.2, -0.15) is 0 Å². The number of halogens is 1. The van der Waals surface area contributed by atoms with Crippen LogP contribution < -0.4 is 5.32 Å². The Hall–Kier alpha value is -2.47. The van der Waals surface area contributed by atoms with Crippen LogP contribution in [0.5, 0.6) is 0 Å². The second-order valence-corrected chi connectivity index (χ2v) is 6.14. The molecule has 1 unspecified atom stereocenters. The minimum absolute atomic E-state index is 0.124. The molecule has 25 heavy (non-hydrogen) atoms. The highest BCUT2D eigenvalue weighted by atomic mass is 19.1. The lowest BCUT2D eigenvalue weighted by molar-refractivity contribution is 0.0501. The number of amides is 2. The summed E-state index contributed by atoms with van der Waals surface area (Å²) >= 11 is 0. The third kappa shape index (κ3) is 4.33. The average molecular weight is 343 g/mol. The Morgan fingerprint density at radius 1 is 1.16 bits per heavy atom. The van der Waals surface area contributed by atoms with Gasteiger partial charge in [0.25, 0.3) is 0 Å². The van der Waals surface area contributed by atoms with Crippen LogP contribution in [0.4, 0.5) is 9.18 Å². The first-order valence-corrected chi connectivity index (χ1v) is 8.41. The lowest BCUT2D eigenvalue weighted by Crippen LogP contribution is -2.46. The van der Waals surface area contributed by atoms with E-state index in [0.29, 0.717) is 13.1 Å². The molecule has 1 fully saturated rings. The molecule has 132 valence electrons. The summed E-state index contributed by atoms with van der Waals surface area (Å²) in [7, 11) is 1.70. The van der Waals surface area contributed by atoms with Crippen LogP contribution >= 0.6 is 0 Å². The fraction of sp³-hybridized carbons (Fsp3) is 0.368. The summed E-state index contributed by atoms with van der Waals surface area (Å²) in [6, 6.07) is 9.42. The smallest absolute Gasteiger partial charge is 0.318 e. The lowest BCUT2D eigenvalue weighted by Gasteiger charge is -2.32. The van der Waals surface area contributed by atoms with Crippen molar-refractivity contribution in [2.75, 3.05) is 20.2 Å². The molecule has 1 atom stereocenters. The highest BCUT2D eigenvalue weighted by Crippen LogP contribution is 2.23. The summed E-state index contributed by atoms with van der Waals surface area (Å²) in [6.45, 7) is 1.33. The zero-order valence-electron chi connectivity index (χ0n) is 14.2. The summed E-state index contributed by atoms with van der Waals surface area (Å²) < 4.78 is 18.6. The third-order valence-corrected chi connectivity index (χ3v) is 4.57. The van der Waals surface area contributed by atoms with Gasteiger partial charge in [0.05, 0.1) is 12.1 Å². The lowest BCUT2D eigenvalue weighted by atomic mass is 9.99. The van der Waals surface area contributed by atoms with E-state index in [0.717, 1.165) is 24.0 Å². The van der Waals surface area contributed by atoms with Crippen LogP contribution in [-0.4, -0.2) is 42.2 Å². The number of nitrogens with one attached hydrogen (secondary N) is 1. The summed E-state index contributed by atoms with van der Waals surface area (Å²) in [5.41, 5.74) is 1.73. The molecular formula is C19H22FN3O2. The number of rotatable bonds is 4. The first-order valence-electron chi connectivity index (χ1n) is 8.41. The number of likely N-dealkylation sites (tertiary alicyclic amines) is 1. The first kappa shape index (κ1) is 17.4. The van der Waals surface area contributed by atoms with Crippen LogP contribution in [0.15, 0.2) is 48.8 Å². The molecule has 5 nitrogen and oxygen atoms in total. The van der Waals surface area contributed by atoms with Crippen LogP contribution in [0.2, 0.25) is 0 Å². The Kier molecular flexibility index (Phi) is 5.60. The zero-order chi connectivity index (χ0) is 17.6. The van der Waals surface area contributed by atoms with Crippen molar-refractivity contribution in [3.63, 3.8) is 0 Å². The summed E-state index contributed by atoms with van der Waals surface area (Å²) in [5.74, 6) is -0.301. The number of carbonyl (C=O) groups is 1. The number of hydrogen-bond acceptors (Lipinski definition) is 3. The number of pyridine rings is 1. The van der Waals surface area contributed by atoms with Crippen LogP contribution in [0.1, 0.15) is 30.0 Å². The largest absolute Gasteiger partial charge is 0.381 e. The quantitative estimate of drug-likeness (QED) is 0.928. The third-order valence-electron chi connectivity index (χ3n) is 4.57. The number of carbonyl (C=O) groups excluding carboxylic acids is 1. The van der Waals surface area contributed by atoms with Gasteiger partial charge < -0.3 is 15.0 Å². The Balaban J connectivity index is 1.76. The van der Waals surface area contributed by atoms with Crippen molar-refractivity contribution >= 4 is 6.03 Å². The zero-order valence-corrected chi connectivity index (χ0v) is 14.2. The standard InChI is InChI=1S/C19H22FN3O2/c1-25-17-8-12-23(13-9-17)19(24)22-18(15-6-10-21-11-7-15)14-2-4-16(20)5-3-14/h2-7,10-11,17-18H,8-9,12-13H2,1H3,(H,22,24). The molecule has 2 aromatic rings. The Morgan fingerprint density at radius 2 is 1.76 bits per heavy atom. The minimum atomic E-state index is -0.351. The summed E-state index contributed by atoms with van der Waals surface area (Å²) in [5, 5.41) is 3.07. The van der Waals surface area contributed by atoms with Gasteiger partial charge in [0.15, 0.2) is 0 Å². The molecule has 3 rings (SSSR count). The van der Waals surface area contributed by atoms with Crippen LogP contribution in [0.3, 0.4) is 0 Å². The molecular weight excluding hydrogens is 321 g/mol. The van der Waals surface area contributed by atoms with E-state index < -0.39 is 0 Å². The number of nitrogens with zero attached hydrogens (tertiary/aromatic N) is 2. The maximum atomic E-state index is 13.3. The van der Waals surface area contributed by atoms with Gasteiger partial charge in [0.2, 0.25) is 0 Å². The van der Waals surface area contributed by atoms with Gasteiger partial charge in [0.1, 0.15) is 5.82 Å². The number of urea groups is 1. The average Bonchev–Trinajstić information content (AvgIpc) is 2.67. The van der Waals surface area contributed by atoms with Gasteiger partial charge in [-0.15, -0.1) is 0 Å². The number of hydrogen-bond donors (Lipinski definition) is 1. The van der Waals surface area contributed by atoms with E-state index in [1.165, 1.54) is 12.1 Å². The SMILES string of the molecule is COC1CCN(C(=O)NC(c2ccncc2)c2ccc(F)cc2)CC1. The van der Waals surface area contributed by atoms with Gasteiger partial charge in [0, 0.05) is 32.6 Å². The highest BCUT2D eigenvalue weighted by Gasteiger charge is 2.25. The summed E-state index contributed by atoms with van der Waals surface area (Å²) in [4.78, 5) is 18.5. The van der Waals surface area contributed by atoms with E-state index in [2.05, 4.69) is 10.3 Å². The topological polar surface area (TPSA) is 54.5 Å². The van der Waals surface area contributed by atoms with E-state index in [9.17, 15) is 9.18 Å². The second kappa shape index (κ2) is 8.07. The molecule has 0 bridgehead atoms. The van der Waals surface area contributed by atoms with Crippen LogP contribution in [0, 0.1) is 5.82 Å². The number of methoxy groups -OCH3 is 1. The molecule has 1 aromatic heterocycles. The number of aromatic nitrogens is 1. The van der Waals surface area contributed by atoms with Crippen molar-refractivity contribution in [1.29, 1.82) is 0 Å². The van der Waals surface area contributed by atoms with Crippen LogP contribution in [-0.2, 0) is 4.74 Å². The maximum Gasteiger partial charge on any atom is 0.318 e. The minimum Gasteiger partial charge on any atom is -0.381 e. The predicted molar refractivity (Wildman–Crippen MR) is 92.6 cm³/mol. The van der Waals surface area contributed by atoms with Gasteiger partial charge >= 0.3 is 6.03 Å². The van der Waals surface area contributed by atoms with E-state index in [-0.39, 0.29) is 24.0 Å². The normalized spacial score (nSPS) is 16.5. The molecule has 1 aliphatic rings. The fourth-order valence-corrected chi connectivity index (χ4v) is 3.08. The molecule has 1 aliphatic heterocycles.